The third kappa shape index (κ3) is 6.16. The van der Waals surface area contributed by atoms with E-state index in [1.165, 1.54) is 0 Å². The maximum absolute atomic E-state index is 11.7. The minimum atomic E-state index is -0.272. The van der Waals surface area contributed by atoms with Crippen LogP contribution in [0.5, 0.6) is 0 Å². The number of benzene rings is 1. The Morgan fingerprint density at radius 3 is 1.95 bits per heavy atom. The van der Waals surface area contributed by atoms with Gasteiger partial charge < -0.3 is 21.3 Å². The number of rotatable bonds is 4. The van der Waals surface area contributed by atoms with Crippen LogP contribution in [0.25, 0.3) is 0 Å². The van der Waals surface area contributed by atoms with E-state index < -0.39 is 0 Å². The first-order valence-electron chi connectivity index (χ1n) is 7.03. The molecule has 4 amide bonds. The van der Waals surface area contributed by atoms with Crippen molar-refractivity contribution in [3.05, 3.63) is 23.8 Å². The lowest BCUT2D eigenvalue weighted by atomic mass is 10.2. The largest absolute Gasteiger partial charge is 0.336 e. The van der Waals surface area contributed by atoms with Crippen molar-refractivity contribution in [1.29, 1.82) is 0 Å². The van der Waals surface area contributed by atoms with E-state index in [0.29, 0.717) is 11.4 Å². The van der Waals surface area contributed by atoms with Crippen molar-refractivity contribution in [2.45, 2.75) is 46.7 Å². The SMILES string of the molecule is Cc1ccc(NC(=O)NC(C)C)cc1NC(=O)NC(C)C. The maximum atomic E-state index is 11.7. The summed E-state index contributed by atoms with van der Waals surface area (Å²) < 4.78 is 0. The van der Waals surface area contributed by atoms with Crippen LogP contribution in [-0.2, 0) is 0 Å². The van der Waals surface area contributed by atoms with E-state index in [9.17, 15) is 9.59 Å². The molecule has 6 nitrogen and oxygen atoms in total. The molecule has 0 spiro atoms. The quantitative estimate of drug-likeness (QED) is 0.688. The molecule has 6 heteroatoms. The average molecular weight is 292 g/mol. The maximum Gasteiger partial charge on any atom is 0.319 e. The van der Waals surface area contributed by atoms with Gasteiger partial charge in [-0.25, -0.2) is 9.59 Å². The molecule has 1 aromatic rings. The lowest BCUT2D eigenvalue weighted by molar-refractivity contribution is 0.249. The molecule has 0 fully saturated rings. The number of carbonyl (C=O) groups is 2. The molecular weight excluding hydrogens is 268 g/mol. The fraction of sp³-hybridized carbons (Fsp3) is 0.467. The van der Waals surface area contributed by atoms with E-state index in [-0.39, 0.29) is 24.1 Å². The van der Waals surface area contributed by atoms with E-state index in [1.54, 1.807) is 12.1 Å². The van der Waals surface area contributed by atoms with E-state index in [4.69, 9.17) is 0 Å². The lowest BCUT2D eigenvalue weighted by Gasteiger charge is -2.14. The number of nitrogens with one attached hydrogen (secondary N) is 4. The zero-order valence-corrected chi connectivity index (χ0v) is 13.2. The van der Waals surface area contributed by atoms with Gasteiger partial charge >= 0.3 is 12.1 Å². The Kier molecular flexibility index (Phi) is 6.02. The molecule has 0 unspecified atom stereocenters. The molecule has 116 valence electrons. The topological polar surface area (TPSA) is 82.3 Å². The van der Waals surface area contributed by atoms with Gasteiger partial charge in [0.2, 0.25) is 0 Å². The molecule has 0 atom stereocenters. The zero-order valence-electron chi connectivity index (χ0n) is 13.2. The predicted molar refractivity (Wildman–Crippen MR) is 85.8 cm³/mol. The van der Waals surface area contributed by atoms with Gasteiger partial charge in [0.05, 0.1) is 0 Å². The van der Waals surface area contributed by atoms with Gasteiger partial charge in [0.1, 0.15) is 0 Å². The molecule has 0 bridgehead atoms. The second kappa shape index (κ2) is 7.52. The number of hydrogen-bond donors (Lipinski definition) is 4. The number of anilines is 2. The van der Waals surface area contributed by atoms with Crippen LogP contribution in [0.3, 0.4) is 0 Å². The molecule has 1 aromatic carbocycles. The van der Waals surface area contributed by atoms with Crippen molar-refractivity contribution >= 4 is 23.4 Å². The van der Waals surface area contributed by atoms with Gasteiger partial charge in [-0.05, 0) is 52.3 Å². The Balaban J connectivity index is 2.75. The van der Waals surface area contributed by atoms with Gasteiger partial charge in [0.15, 0.2) is 0 Å². The van der Waals surface area contributed by atoms with Crippen LogP contribution in [0, 0.1) is 6.92 Å². The third-order valence-electron chi connectivity index (χ3n) is 2.58. The van der Waals surface area contributed by atoms with Crippen LogP contribution in [0.4, 0.5) is 21.0 Å². The van der Waals surface area contributed by atoms with Crippen molar-refractivity contribution in [3.8, 4) is 0 Å². The second-order valence-corrected chi connectivity index (χ2v) is 5.54. The Morgan fingerprint density at radius 1 is 0.905 bits per heavy atom. The van der Waals surface area contributed by atoms with Crippen LogP contribution in [0.2, 0.25) is 0 Å². The highest BCUT2D eigenvalue weighted by Gasteiger charge is 2.08. The number of aryl methyl sites for hydroxylation is 1. The summed E-state index contributed by atoms with van der Waals surface area (Å²) in [6.07, 6.45) is 0. The molecule has 0 saturated heterocycles. The summed E-state index contributed by atoms with van der Waals surface area (Å²) in [5, 5.41) is 11.0. The summed E-state index contributed by atoms with van der Waals surface area (Å²) in [6.45, 7) is 9.44. The average Bonchev–Trinajstić information content (AvgIpc) is 2.31. The molecule has 1 rings (SSSR count). The lowest BCUT2D eigenvalue weighted by Crippen LogP contribution is -2.35. The highest BCUT2D eigenvalue weighted by molar-refractivity contribution is 5.93. The Morgan fingerprint density at radius 2 is 1.43 bits per heavy atom. The molecule has 0 aliphatic carbocycles. The van der Waals surface area contributed by atoms with Gasteiger partial charge in [0, 0.05) is 23.5 Å². The summed E-state index contributed by atoms with van der Waals surface area (Å²) in [5.41, 5.74) is 2.21. The van der Waals surface area contributed by atoms with Crippen LogP contribution in [0.15, 0.2) is 18.2 Å². The Hall–Kier alpha value is -2.24. The minimum Gasteiger partial charge on any atom is -0.336 e. The molecule has 0 heterocycles. The van der Waals surface area contributed by atoms with E-state index in [2.05, 4.69) is 21.3 Å². The summed E-state index contributed by atoms with van der Waals surface area (Å²) in [6, 6.07) is 4.95. The van der Waals surface area contributed by atoms with Gasteiger partial charge in [-0.15, -0.1) is 0 Å². The summed E-state index contributed by atoms with van der Waals surface area (Å²) in [7, 11) is 0. The zero-order chi connectivity index (χ0) is 16.0. The van der Waals surface area contributed by atoms with Crippen LogP contribution >= 0.6 is 0 Å². The molecule has 0 saturated carbocycles. The normalized spacial score (nSPS) is 10.4. The summed E-state index contributed by atoms with van der Waals surface area (Å²) in [4.78, 5) is 23.4. The molecule has 0 aliphatic rings. The van der Waals surface area contributed by atoms with Crippen molar-refractivity contribution in [3.63, 3.8) is 0 Å². The summed E-state index contributed by atoms with van der Waals surface area (Å²) >= 11 is 0. The molecule has 0 aliphatic heterocycles. The first kappa shape index (κ1) is 16.8. The van der Waals surface area contributed by atoms with Crippen LogP contribution in [-0.4, -0.2) is 24.1 Å². The van der Waals surface area contributed by atoms with Gasteiger partial charge in [-0.2, -0.15) is 0 Å². The standard InChI is InChI=1S/C15H24N4O2/c1-9(2)16-14(20)18-12-7-6-11(5)13(8-12)19-15(21)17-10(3)4/h6-10H,1-5H3,(H2,16,18,20)(H2,17,19,21). The number of urea groups is 2. The molecule has 0 aromatic heterocycles. The molecular formula is C15H24N4O2. The number of amides is 4. The van der Waals surface area contributed by atoms with Crippen molar-refractivity contribution in [2.75, 3.05) is 10.6 Å². The monoisotopic (exact) mass is 292 g/mol. The second-order valence-electron chi connectivity index (χ2n) is 5.54. The fourth-order valence-electron chi connectivity index (χ4n) is 1.68. The third-order valence-corrected chi connectivity index (χ3v) is 2.58. The minimum absolute atomic E-state index is 0.0587. The first-order chi connectivity index (χ1) is 9.77. The molecule has 4 N–H and O–H groups in total. The van der Waals surface area contributed by atoms with Crippen molar-refractivity contribution in [2.24, 2.45) is 0 Å². The summed E-state index contributed by atoms with van der Waals surface area (Å²) in [5.74, 6) is 0. The van der Waals surface area contributed by atoms with Crippen molar-refractivity contribution in [1.82, 2.24) is 10.6 Å². The Bertz CT molecular complexity index is 512. The van der Waals surface area contributed by atoms with E-state index in [0.717, 1.165) is 5.56 Å². The van der Waals surface area contributed by atoms with E-state index >= 15 is 0 Å². The Labute approximate surface area is 125 Å². The van der Waals surface area contributed by atoms with Crippen LogP contribution < -0.4 is 21.3 Å². The van der Waals surface area contributed by atoms with Crippen LogP contribution in [0.1, 0.15) is 33.3 Å². The number of carbonyl (C=O) groups excluding carboxylic acids is 2. The molecule has 0 radical (unpaired) electrons. The van der Waals surface area contributed by atoms with Gasteiger partial charge in [0.25, 0.3) is 0 Å². The van der Waals surface area contributed by atoms with Gasteiger partial charge in [-0.3, -0.25) is 0 Å². The van der Waals surface area contributed by atoms with Crippen molar-refractivity contribution < 1.29 is 9.59 Å². The highest BCUT2D eigenvalue weighted by atomic mass is 16.2. The van der Waals surface area contributed by atoms with E-state index in [1.807, 2.05) is 40.7 Å². The fourth-order valence-corrected chi connectivity index (χ4v) is 1.68. The molecule has 21 heavy (non-hydrogen) atoms. The highest BCUT2D eigenvalue weighted by Crippen LogP contribution is 2.20. The predicted octanol–water partition coefficient (Wildman–Crippen LogP) is 3.05. The smallest absolute Gasteiger partial charge is 0.319 e. The van der Waals surface area contributed by atoms with Gasteiger partial charge in [-0.1, -0.05) is 6.07 Å². The number of hydrogen-bond acceptors (Lipinski definition) is 2. The first-order valence-corrected chi connectivity index (χ1v) is 7.03.